The number of hydrogen-bond donors (Lipinski definition) is 1. The molecular formula is C12H17F3N2O2S. The van der Waals surface area contributed by atoms with E-state index < -0.39 is 28.7 Å². The lowest BCUT2D eigenvalue weighted by atomic mass is 10.2. The Morgan fingerprint density at radius 2 is 1.80 bits per heavy atom. The predicted octanol–water partition coefficient (Wildman–Crippen LogP) is 2.69. The summed E-state index contributed by atoms with van der Waals surface area (Å²) in [6.07, 6.45) is -5.34. The molecule has 0 saturated heterocycles. The van der Waals surface area contributed by atoms with Crippen LogP contribution in [-0.4, -0.2) is 39.0 Å². The fourth-order valence-electron chi connectivity index (χ4n) is 1.67. The third-order valence-electron chi connectivity index (χ3n) is 2.59. The standard InChI is InChI=1S/C12H17F3N2O2S/c1-9(8-12(13,14)15)16-10-6-4-5-7-11(10)20(18,19)17(2)3/h4-7,9,16H,8H2,1-3H3. The second-order valence-electron chi connectivity index (χ2n) is 4.65. The number of nitrogens with zero attached hydrogens (tertiary/aromatic N) is 1. The van der Waals surface area contributed by atoms with Crippen LogP contribution in [0.1, 0.15) is 13.3 Å². The number of benzene rings is 1. The first-order valence-corrected chi connectivity index (χ1v) is 7.33. The van der Waals surface area contributed by atoms with Crippen LogP contribution in [0.2, 0.25) is 0 Å². The van der Waals surface area contributed by atoms with E-state index in [1.165, 1.54) is 39.2 Å². The van der Waals surface area contributed by atoms with Crippen LogP contribution in [0.5, 0.6) is 0 Å². The molecule has 0 radical (unpaired) electrons. The molecule has 1 rings (SSSR count). The van der Waals surface area contributed by atoms with Crippen LogP contribution in [0.15, 0.2) is 29.2 Å². The lowest BCUT2D eigenvalue weighted by molar-refractivity contribution is -0.136. The Kier molecular flexibility index (Phi) is 5.04. The number of alkyl halides is 3. The Hall–Kier alpha value is -1.28. The van der Waals surface area contributed by atoms with Gasteiger partial charge in [0.1, 0.15) is 4.90 Å². The molecule has 1 aromatic rings. The first kappa shape index (κ1) is 16.8. The highest BCUT2D eigenvalue weighted by atomic mass is 32.2. The van der Waals surface area contributed by atoms with Crippen molar-refractivity contribution in [3.8, 4) is 0 Å². The van der Waals surface area contributed by atoms with Crippen LogP contribution in [-0.2, 0) is 10.0 Å². The average Bonchev–Trinajstić information content (AvgIpc) is 2.26. The van der Waals surface area contributed by atoms with E-state index in [4.69, 9.17) is 0 Å². The molecule has 0 fully saturated rings. The molecule has 0 heterocycles. The quantitative estimate of drug-likeness (QED) is 0.909. The zero-order valence-electron chi connectivity index (χ0n) is 11.4. The summed E-state index contributed by atoms with van der Waals surface area (Å²) in [5.74, 6) is 0. The summed E-state index contributed by atoms with van der Waals surface area (Å²) in [6.45, 7) is 1.35. The molecule has 20 heavy (non-hydrogen) atoms. The first-order chi connectivity index (χ1) is 9.04. The van der Waals surface area contributed by atoms with Crippen LogP contribution >= 0.6 is 0 Å². The highest BCUT2D eigenvalue weighted by Crippen LogP contribution is 2.27. The van der Waals surface area contributed by atoms with E-state index in [9.17, 15) is 21.6 Å². The van der Waals surface area contributed by atoms with Crippen LogP contribution in [0.4, 0.5) is 18.9 Å². The van der Waals surface area contributed by atoms with Gasteiger partial charge in [-0.25, -0.2) is 12.7 Å². The molecule has 0 aromatic heterocycles. The summed E-state index contributed by atoms with van der Waals surface area (Å²) in [5.41, 5.74) is 0.165. The number of hydrogen-bond acceptors (Lipinski definition) is 3. The molecule has 1 aromatic carbocycles. The van der Waals surface area contributed by atoms with Gasteiger partial charge in [0.15, 0.2) is 0 Å². The van der Waals surface area contributed by atoms with Crippen molar-refractivity contribution < 1.29 is 21.6 Å². The molecule has 0 amide bonds. The molecule has 1 N–H and O–H groups in total. The SMILES string of the molecule is CC(CC(F)(F)F)Nc1ccccc1S(=O)(=O)N(C)C. The topological polar surface area (TPSA) is 49.4 Å². The average molecular weight is 310 g/mol. The van der Waals surface area contributed by atoms with Gasteiger partial charge in [-0.2, -0.15) is 13.2 Å². The maximum Gasteiger partial charge on any atom is 0.391 e. The Morgan fingerprint density at radius 3 is 2.30 bits per heavy atom. The molecule has 0 bridgehead atoms. The van der Waals surface area contributed by atoms with Crippen LogP contribution < -0.4 is 5.32 Å². The highest BCUT2D eigenvalue weighted by Gasteiger charge is 2.30. The number of para-hydroxylation sites is 1. The second-order valence-corrected chi connectivity index (χ2v) is 6.77. The molecule has 0 aliphatic heterocycles. The number of nitrogens with one attached hydrogen (secondary N) is 1. The van der Waals surface area contributed by atoms with Crippen molar-refractivity contribution in [3.63, 3.8) is 0 Å². The minimum atomic E-state index is -4.30. The molecular weight excluding hydrogens is 293 g/mol. The predicted molar refractivity (Wildman–Crippen MR) is 71.1 cm³/mol. The lowest BCUT2D eigenvalue weighted by Gasteiger charge is -2.20. The smallest absolute Gasteiger partial charge is 0.381 e. The van der Waals surface area contributed by atoms with E-state index in [-0.39, 0.29) is 10.6 Å². The molecule has 0 spiro atoms. The Morgan fingerprint density at radius 1 is 1.25 bits per heavy atom. The van der Waals surface area contributed by atoms with Gasteiger partial charge in [-0.1, -0.05) is 12.1 Å². The molecule has 4 nitrogen and oxygen atoms in total. The van der Waals surface area contributed by atoms with E-state index in [0.29, 0.717) is 0 Å². The molecule has 0 saturated carbocycles. The van der Waals surface area contributed by atoms with E-state index in [1.54, 1.807) is 6.07 Å². The van der Waals surface area contributed by atoms with Crippen LogP contribution in [0, 0.1) is 0 Å². The molecule has 0 aliphatic carbocycles. The number of halogens is 3. The van der Waals surface area contributed by atoms with Crippen LogP contribution in [0.25, 0.3) is 0 Å². The van der Waals surface area contributed by atoms with Gasteiger partial charge in [-0.05, 0) is 19.1 Å². The molecule has 1 unspecified atom stereocenters. The largest absolute Gasteiger partial charge is 0.391 e. The fourth-order valence-corrected chi connectivity index (χ4v) is 2.72. The summed E-state index contributed by atoms with van der Waals surface area (Å²) in [6, 6.07) is 4.97. The monoisotopic (exact) mass is 310 g/mol. The fraction of sp³-hybridized carbons (Fsp3) is 0.500. The van der Waals surface area contributed by atoms with Crippen molar-refractivity contribution in [1.82, 2.24) is 4.31 Å². The maximum absolute atomic E-state index is 12.3. The van der Waals surface area contributed by atoms with Gasteiger partial charge in [-0.15, -0.1) is 0 Å². The maximum atomic E-state index is 12.3. The van der Waals surface area contributed by atoms with Crippen molar-refractivity contribution >= 4 is 15.7 Å². The van der Waals surface area contributed by atoms with Gasteiger partial charge in [0.2, 0.25) is 10.0 Å². The van der Waals surface area contributed by atoms with E-state index in [0.717, 1.165) is 4.31 Å². The minimum absolute atomic E-state index is 0.0426. The molecule has 114 valence electrons. The third kappa shape index (κ3) is 4.38. The van der Waals surface area contributed by atoms with Crippen molar-refractivity contribution in [1.29, 1.82) is 0 Å². The molecule has 8 heteroatoms. The summed E-state index contributed by atoms with van der Waals surface area (Å²) >= 11 is 0. The Balaban J connectivity index is 3.04. The normalized spacial score (nSPS) is 14.3. The highest BCUT2D eigenvalue weighted by molar-refractivity contribution is 7.89. The third-order valence-corrected chi connectivity index (χ3v) is 4.46. The van der Waals surface area contributed by atoms with Crippen molar-refractivity contribution in [3.05, 3.63) is 24.3 Å². The zero-order valence-corrected chi connectivity index (χ0v) is 12.2. The van der Waals surface area contributed by atoms with E-state index in [2.05, 4.69) is 5.32 Å². The summed E-state index contributed by atoms with van der Waals surface area (Å²) < 4.78 is 62.1. The van der Waals surface area contributed by atoms with Gasteiger partial charge < -0.3 is 5.32 Å². The first-order valence-electron chi connectivity index (χ1n) is 5.89. The second kappa shape index (κ2) is 6.01. The van der Waals surface area contributed by atoms with Gasteiger partial charge in [0.25, 0.3) is 0 Å². The van der Waals surface area contributed by atoms with Crippen LogP contribution in [0.3, 0.4) is 0 Å². The zero-order chi connectivity index (χ0) is 15.6. The molecule has 0 aliphatic rings. The summed E-state index contributed by atoms with van der Waals surface area (Å²) in [5, 5.41) is 2.60. The Bertz CT molecular complexity index is 556. The number of rotatable bonds is 5. The van der Waals surface area contributed by atoms with Crippen molar-refractivity contribution in [2.45, 2.75) is 30.5 Å². The van der Waals surface area contributed by atoms with E-state index >= 15 is 0 Å². The van der Waals surface area contributed by atoms with Gasteiger partial charge in [-0.3, -0.25) is 0 Å². The van der Waals surface area contributed by atoms with Crippen molar-refractivity contribution in [2.24, 2.45) is 0 Å². The summed E-state index contributed by atoms with van der Waals surface area (Å²) in [7, 11) is -0.975. The lowest BCUT2D eigenvalue weighted by Crippen LogP contribution is -2.27. The minimum Gasteiger partial charge on any atom is -0.381 e. The van der Waals surface area contributed by atoms with Gasteiger partial charge in [0, 0.05) is 20.1 Å². The number of sulfonamides is 1. The van der Waals surface area contributed by atoms with Gasteiger partial charge in [0.05, 0.1) is 12.1 Å². The molecule has 1 atom stereocenters. The number of anilines is 1. The Labute approximate surface area is 116 Å². The van der Waals surface area contributed by atoms with Crippen molar-refractivity contribution in [2.75, 3.05) is 19.4 Å². The summed E-state index contributed by atoms with van der Waals surface area (Å²) in [4.78, 5) is -0.0426. The van der Waals surface area contributed by atoms with E-state index in [1.807, 2.05) is 0 Å². The van der Waals surface area contributed by atoms with Gasteiger partial charge >= 0.3 is 6.18 Å².